The lowest BCUT2D eigenvalue weighted by atomic mass is 10.0. The van der Waals surface area contributed by atoms with E-state index >= 15 is 0 Å². The number of carboxylic acids is 1. The Kier molecular flexibility index (Phi) is 4.72. The summed E-state index contributed by atoms with van der Waals surface area (Å²) in [6.45, 7) is 7.86. The van der Waals surface area contributed by atoms with Crippen LogP contribution in [-0.2, 0) is 14.3 Å². The summed E-state index contributed by atoms with van der Waals surface area (Å²) in [6.07, 6.45) is -0.768. The second-order valence-corrected chi connectivity index (χ2v) is 6.91. The molecule has 1 N–H and O–H groups in total. The van der Waals surface area contributed by atoms with Gasteiger partial charge in [0.05, 0.1) is 12.6 Å². The van der Waals surface area contributed by atoms with E-state index in [-0.39, 0.29) is 25.1 Å². The fraction of sp³-hybridized carbons (Fsp3) is 0.800. The zero-order valence-electron chi connectivity index (χ0n) is 13.9. The van der Waals surface area contributed by atoms with Crippen molar-refractivity contribution >= 4 is 18.2 Å². The zero-order valence-corrected chi connectivity index (χ0v) is 13.9. The third-order valence-corrected chi connectivity index (χ3v) is 4.04. The highest BCUT2D eigenvalue weighted by Crippen LogP contribution is 2.37. The molecule has 2 fully saturated rings. The van der Waals surface area contributed by atoms with Gasteiger partial charge in [0.1, 0.15) is 11.6 Å². The summed E-state index contributed by atoms with van der Waals surface area (Å²) in [5.41, 5.74) is -0.711. The summed E-state index contributed by atoms with van der Waals surface area (Å²) in [5, 5.41) is 9.39. The van der Waals surface area contributed by atoms with E-state index in [1.807, 2.05) is 0 Å². The minimum Gasteiger partial charge on any atom is -0.480 e. The van der Waals surface area contributed by atoms with Crippen molar-refractivity contribution in [2.45, 2.75) is 51.8 Å². The van der Waals surface area contributed by atoms with Gasteiger partial charge in [-0.1, -0.05) is 0 Å². The second kappa shape index (κ2) is 6.25. The Bertz CT molecular complexity index is 501. The molecule has 0 aromatic heterocycles. The highest BCUT2D eigenvalue weighted by Gasteiger charge is 2.53. The number of carboxylic acid groups (broad SMARTS) is 1. The van der Waals surface area contributed by atoms with Crippen molar-refractivity contribution in [3.8, 4) is 0 Å². The monoisotopic (exact) mass is 328 g/mol. The van der Waals surface area contributed by atoms with Gasteiger partial charge in [0.15, 0.2) is 0 Å². The minimum absolute atomic E-state index is 0.0759. The number of carbonyl (C=O) groups excluding carboxylic acids is 2. The van der Waals surface area contributed by atoms with E-state index < -0.39 is 29.8 Å². The van der Waals surface area contributed by atoms with Crippen molar-refractivity contribution in [2.75, 3.05) is 19.7 Å². The molecule has 130 valence electrons. The molecule has 0 radical (unpaired) electrons. The third kappa shape index (κ3) is 3.68. The van der Waals surface area contributed by atoms with Crippen molar-refractivity contribution in [1.82, 2.24) is 9.80 Å². The summed E-state index contributed by atoms with van der Waals surface area (Å²) in [5.74, 6) is -1.12. The SMILES string of the molecule is CCOC(=O)N1CC2CC(C(=O)O)N(C(=O)OC(C)(C)C)C2C1. The van der Waals surface area contributed by atoms with Crippen LogP contribution >= 0.6 is 0 Å². The first-order valence-corrected chi connectivity index (χ1v) is 7.80. The maximum atomic E-state index is 12.4. The molecule has 2 heterocycles. The molecule has 2 aliphatic heterocycles. The summed E-state index contributed by atoms with van der Waals surface area (Å²) in [6, 6.07) is -1.26. The van der Waals surface area contributed by atoms with Gasteiger partial charge in [-0.05, 0) is 34.1 Å². The van der Waals surface area contributed by atoms with Crippen LogP contribution in [0.4, 0.5) is 9.59 Å². The topological polar surface area (TPSA) is 96.4 Å². The highest BCUT2D eigenvalue weighted by molar-refractivity contribution is 5.81. The molecule has 0 spiro atoms. The fourth-order valence-corrected chi connectivity index (χ4v) is 3.19. The van der Waals surface area contributed by atoms with E-state index in [1.54, 1.807) is 27.7 Å². The van der Waals surface area contributed by atoms with Crippen LogP contribution in [0.3, 0.4) is 0 Å². The van der Waals surface area contributed by atoms with Gasteiger partial charge in [0.25, 0.3) is 0 Å². The van der Waals surface area contributed by atoms with Crippen LogP contribution in [0, 0.1) is 5.92 Å². The number of ether oxygens (including phenoxy) is 2. The fourth-order valence-electron chi connectivity index (χ4n) is 3.19. The Morgan fingerprint density at radius 2 is 1.83 bits per heavy atom. The quantitative estimate of drug-likeness (QED) is 0.826. The Hall–Kier alpha value is -1.99. The molecule has 3 unspecified atom stereocenters. The average molecular weight is 328 g/mol. The van der Waals surface area contributed by atoms with Crippen LogP contribution in [0.5, 0.6) is 0 Å². The summed E-state index contributed by atoms with van der Waals surface area (Å²) in [4.78, 5) is 38.6. The van der Waals surface area contributed by atoms with Gasteiger partial charge in [-0.25, -0.2) is 14.4 Å². The number of carbonyl (C=O) groups is 3. The lowest BCUT2D eigenvalue weighted by Crippen LogP contribution is -2.49. The molecule has 2 amide bonds. The van der Waals surface area contributed by atoms with Gasteiger partial charge in [0, 0.05) is 19.0 Å². The first-order chi connectivity index (χ1) is 10.6. The Labute approximate surface area is 135 Å². The molecule has 0 bridgehead atoms. The number of hydrogen-bond donors (Lipinski definition) is 1. The molecular weight excluding hydrogens is 304 g/mol. The molecule has 8 heteroatoms. The highest BCUT2D eigenvalue weighted by atomic mass is 16.6. The van der Waals surface area contributed by atoms with Crippen LogP contribution in [0.15, 0.2) is 0 Å². The van der Waals surface area contributed by atoms with Crippen molar-refractivity contribution in [3.63, 3.8) is 0 Å². The van der Waals surface area contributed by atoms with Gasteiger partial charge in [-0.2, -0.15) is 0 Å². The smallest absolute Gasteiger partial charge is 0.411 e. The van der Waals surface area contributed by atoms with Gasteiger partial charge in [0.2, 0.25) is 0 Å². The van der Waals surface area contributed by atoms with E-state index in [4.69, 9.17) is 9.47 Å². The summed E-state index contributed by atoms with van der Waals surface area (Å²) in [7, 11) is 0. The third-order valence-electron chi connectivity index (χ3n) is 4.04. The maximum absolute atomic E-state index is 12.4. The first-order valence-electron chi connectivity index (χ1n) is 7.80. The predicted octanol–water partition coefficient (Wildman–Crippen LogP) is 1.54. The van der Waals surface area contributed by atoms with Gasteiger partial charge in [-0.3, -0.25) is 4.90 Å². The Morgan fingerprint density at radius 3 is 2.35 bits per heavy atom. The van der Waals surface area contributed by atoms with E-state index in [2.05, 4.69) is 0 Å². The van der Waals surface area contributed by atoms with Gasteiger partial charge in [-0.15, -0.1) is 0 Å². The van der Waals surface area contributed by atoms with Crippen LogP contribution in [-0.4, -0.2) is 70.4 Å². The standard InChI is InChI=1S/C15H24N2O6/c1-5-22-13(20)16-7-9-6-10(12(18)19)17(11(9)8-16)14(21)23-15(2,3)4/h9-11H,5-8H2,1-4H3,(H,18,19). The van der Waals surface area contributed by atoms with E-state index in [0.29, 0.717) is 13.0 Å². The Morgan fingerprint density at radius 1 is 1.17 bits per heavy atom. The van der Waals surface area contributed by atoms with Crippen molar-refractivity contribution in [1.29, 1.82) is 0 Å². The van der Waals surface area contributed by atoms with Crippen LogP contribution in [0.2, 0.25) is 0 Å². The first kappa shape index (κ1) is 17.4. The second-order valence-electron chi connectivity index (χ2n) is 6.91. The molecule has 2 saturated heterocycles. The number of likely N-dealkylation sites (tertiary alicyclic amines) is 2. The van der Waals surface area contributed by atoms with Crippen LogP contribution in [0.1, 0.15) is 34.1 Å². The number of amides is 2. The van der Waals surface area contributed by atoms with Crippen molar-refractivity contribution in [3.05, 3.63) is 0 Å². The van der Waals surface area contributed by atoms with Gasteiger partial charge >= 0.3 is 18.2 Å². The van der Waals surface area contributed by atoms with E-state index in [1.165, 1.54) is 9.80 Å². The summed E-state index contributed by atoms with van der Waals surface area (Å²) >= 11 is 0. The molecule has 0 saturated carbocycles. The van der Waals surface area contributed by atoms with Crippen molar-refractivity contribution < 1.29 is 29.0 Å². The molecule has 0 aromatic carbocycles. The van der Waals surface area contributed by atoms with Crippen LogP contribution in [0.25, 0.3) is 0 Å². The lowest BCUT2D eigenvalue weighted by Gasteiger charge is -2.31. The predicted molar refractivity (Wildman–Crippen MR) is 80.0 cm³/mol. The van der Waals surface area contributed by atoms with Crippen LogP contribution < -0.4 is 0 Å². The van der Waals surface area contributed by atoms with Crippen molar-refractivity contribution in [2.24, 2.45) is 5.92 Å². The summed E-state index contributed by atoms with van der Waals surface area (Å²) < 4.78 is 10.3. The van der Waals surface area contributed by atoms with E-state index in [9.17, 15) is 19.5 Å². The number of nitrogens with zero attached hydrogens (tertiary/aromatic N) is 2. The molecule has 0 aliphatic carbocycles. The molecule has 23 heavy (non-hydrogen) atoms. The lowest BCUT2D eigenvalue weighted by molar-refractivity contribution is -0.142. The number of fused-ring (bicyclic) bond motifs is 1. The molecule has 8 nitrogen and oxygen atoms in total. The number of hydrogen-bond acceptors (Lipinski definition) is 5. The molecular formula is C15H24N2O6. The number of rotatable bonds is 2. The number of aliphatic carboxylic acids is 1. The van der Waals surface area contributed by atoms with E-state index in [0.717, 1.165) is 0 Å². The molecule has 2 rings (SSSR count). The maximum Gasteiger partial charge on any atom is 0.411 e. The minimum atomic E-state index is -1.05. The molecule has 3 atom stereocenters. The van der Waals surface area contributed by atoms with Gasteiger partial charge < -0.3 is 19.5 Å². The average Bonchev–Trinajstić information content (AvgIpc) is 2.92. The molecule has 0 aromatic rings. The largest absolute Gasteiger partial charge is 0.480 e. The normalized spacial score (nSPS) is 26.9. The zero-order chi connectivity index (χ0) is 17.4. The Balaban J connectivity index is 2.15. The molecule has 2 aliphatic rings.